The van der Waals surface area contributed by atoms with Crippen molar-refractivity contribution in [1.82, 2.24) is 9.23 Å². The van der Waals surface area contributed by atoms with Gasteiger partial charge in [-0.25, -0.2) is 13.4 Å². The molecular weight excluding hydrogens is 236 g/mol. The van der Waals surface area contributed by atoms with E-state index in [0.29, 0.717) is 5.52 Å². The Labute approximate surface area is 92.1 Å². The molecule has 2 aromatic rings. The molecule has 0 amide bonds. The second-order valence-electron chi connectivity index (χ2n) is 2.92. The number of halogens is 1. The maximum Gasteiger partial charge on any atom is 0.271 e. The molecule has 0 saturated carbocycles. The van der Waals surface area contributed by atoms with Crippen LogP contribution in [0.15, 0.2) is 41.4 Å². The van der Waals surface area contributed by atoms with Crippen LogP contribution >= 0.6 is 11.8 Å². The largest absolute Gasteiger partial charge is 0.271 e. The highest BCUT2D eigenvalue weighted by atomic mass is 35.5. The molecule has 0 aliphatic heterocycles. The Kier molecular flexibility index (Phi) is 2.60. The van der Waals surface area contributed by atoms with Crippen LogP contribution in [-0.2, 0) is 10.0 Å². The van der Waals surface area contributed by atoms with Crippen LogP contribution in [0.3, 0.4) is 0 Å². The highest BCUT2D eigenvalue weighted by Gasteiger charge is 2.14. The van der Waals surface area contributed by atoms with E-state index in [1.807, 2.05) is 12.1 Å². The van der Waals surface area contributed by atoms with E-state index < -0.39 is 10.0 Å². The molecule has 0 aliphatic carbocycles. The van der Waals surface area contributed by atoms with E-state index in [4.69, 9.17) is 11.8 Å². The molecule has 0 unspecified atom stereocenters. The van der Waals surface area contributed by atoms with Gasteiger partial charge in [0.1, 0.15) is 0 Å². The number of hydrogen-bond acceptors (Lipinski definition) is 3. The molecule has 2 rings (SSSR count). The molecule has 0 bridgehead atoms. The fourth-order valence-corrected chi connectivity index (χ4v) is 2.02. The number of aromatic nitrogens is 1. The minimum Gasteiger partial charge on any atom is -0.235 e. The van der Waals surface area contributed by atoms with Crippen LogP contribution in [0.25, 0.3) is 10.9 Å². The lowest BCUT2D eigenvalue weighted by Gasteiger charge is -2.01. The van der Waals surface area contributed by atoms with E-state index in [0.717, 1.165) is 5.39 Å². The molecule has 1 aromatic carbocycles. The van der Waals surface area contributed by atoms with Crippen molar-refractivity contribution in [3.8, 4) is 0 Å². The molecule has 0 fully saturated rings. The fourth-order valence-electron chi connectivity index (χ4n) is 1.24. The highest BCUT2D eigenvalue weighted by molar-refractivity contribution is 7.90. The first kappa shape index (κ1) is 10.4. The molecule has 4 nitrogen and oxygen atoms in total. The Morgan fingerprint density at radius 2 is 1.87 bits per heavy atom. The number of pyridine rings is 1. The summed E-state index contributed by atoms with van der Waals surface area (Å²) in [5.41, 5.74) is 0.616. The lowest BCUT2D eigenvalue weighted by Crippen LogP contribution is -2.14. The first-order chi connectivity index (χ1) is 7.13. The minimum atomic E-state index is -3.69. The standard InChI is InChI=1S/C9H7ClN2O2S/c10-12-15(13,14)9-6-5-7-3-1-2-4-8(7)11-9/h1-6,12H. The van der Waals surface area contributed by atoms with Crippen molar-refractivity contribution >= 4 is 32.7 Å². The van der Waals surface area contributed by atoms with Crippen LogP contribution in [-0.4, -0.2) is 13.4 Å². The van der Waals surface area contributed by atoms with Gasteiger partial charge in [0, 0.05) is 5.39 Å². The molecule has 1 aromatic heterocycles. The van der Waals surface area contributed by atoms with Gasteiger partial charge in [-0.3, -0.25) is 0 Å². The summed E-state index contributed by atoms with van der Waals surface area (Å²) in [7, 11) is -3.69. The maximum atomic E-state index is 11.3. The van der Waals surface area contributed by atoms with Crippen LogP contribution in [0.4, 0.5) is 0 Å². The van der Waals surface area contributed by atoms with Crippen molar-refractivity contribution in [2.24, 2.45) is 0 Å². The number of nitrogens with one attached hydrogen (secondary N) is 1. The van der Waals surface area contributed by atoms with E-state index in [1.54, 1.807) is 22.4 Å². The summed E-state index contributed by atoms with van der Waals surface area (Å²) in [5, 5.41) is 0.794. The zero-order valence-electron chi connectivity index (χ0n) is 7.51. The van der Waals surface area contributed by atoms with Crippen molar-refractivity contribution in [3.05, 3.63) is 36.4 Å². The molecule has 6 heteroatoms. The van der Waals surface area contributed by atoms with Crippen molar-refractivity contribution in [1.29, 1.82) is 0 Å². The van der Waals surface area contributed by atoms with E-state index >= 15 is 0 Å². The van der Waals surface area contributed by atoms with Crippen molar-refractivity contribution in [2.45, 2.75) is 5.03 Å². The normalized spacial score (nSPS) is 11.8. The maximum absolute atomic E-state index is 11.3. The molecule has 0 aliphatic rings. The second kappa shape index (κ2) is 3.77. The summed E-state index contributed by atoms with van der Waals surface area (Å²) < 4.78 is 24.4. The zero-order chi connectivity index (χ0) is 10.9. The molecular formula is C9H7ClN2O2S. The van der Waals surface area contributed by atoms with E-state index in [2.05, 4.69) is 4.98 Å². The van der Waals surface area contributed by atoms with Crippen molar-refractivity contribution < 1.29 is 8.42 Å². The number of nitrogens with zero attached hydrogens (tertiary/aromatic N) is 1. The SMILES string of the molecule is O=S(=O)(NCl)c1ccc2ccccc2n1. The summed E-state index contributed by atoms with van der Waals surface area (Å²) in [6.45, 7) is 0. The molecule has 0 saturated heterocycles. The number of fused-ring (bicyclic) bond motifs is 1. The third-order valence-corrected chi connectivity index (χ3v) is 3.54. The first-order valence-corrected chi connectivity index (χ1v) is 5.98. The number of benzene rings is 1. The summed E-state index contributed by atoms with van der Waals surface area (Å²) in [6, 6.07) is 10.3. The van der Waals surface area contributed by atoms with Crippen LogP contribution in [0, 0.1) is 0 Å². The summed E-state index contributed by atoms with van der Waals surface area (Å²) in [5.74, 6) is 0. The van der Waals surface area contributed by atoms with Crippen molar-refractivity contribution in [2.75, 3.05) is 0 Å². The molecule has 0 radical (unpaired) electrons. The topological polar surface area (TPSA) is 59.1 Å². The van der Waals surface area contributed by atoms with Gasteiger partial charge in [-0.1, -0.05) is 18.2 Å². The van der Waals surface area contributed by atoms with Gasteiger partial charge in [0.05, 0.1) is 5.52 Å². The summed E-state index contributed by atoms with van der Waals surface area (Å²) in [4.78, 5) is 3.98. The van der Waals surface area contributed by atoms with E-state index in [-0.39, 0.29) is 5.03 Å². The molecule has 1 heterocycles. The van der Waals surface area contributed by atoms with Crippen LogP contribution in [0.2, 0.25) is 0 Å². The molecule has 1 N–H and O–H groups in total. The monoisotopic (exact) mass is 242 g/mol. The average molecular weight is 243 g/mol. The van der Waals surface area contributed by atoms with Gasteiger partial charge in [0.25, 0.3) is 10.0 Å². The van der Waals surface area contributed by atoms with Gasteiger partial charge in [0.2, 0.25) is 0 Å². The molecule has 15 heavy (non-hydrogen) atoms. The van der Waals surface area contributed by atoms with Crippen LogP contribution in [0.1, 0.15) is 0 Å². The van der Waals surface area contributed by atoms with Gasteiger partial charge in [-0.05, 0) is 30.0 Å². The zero-order valence-corrected chi connectivity index (χ0v) is 9.09. The van der Waals surface area contributed by atoms with Crippen molar-refractivity contribution in [3.63, 3.8) is 0 Å². The van der Waals surface area contributed by atoms with Crippen LogP contribution in [0.5, 0.6) is 0 Å². The Morgan fingerprint density at radius 1 is 1.13 bits per heavy atom. The van der Waals surface area contributed by atoms with Crippen LogP contribution < -0.4 is 4.24 Å². The van der Waals surface area contributed by atoms with Gasteiger partial charge in [-0.15, -0.1) is 4.24 Å². The molecule has 0 spiro atoms. The number of hydrogen-bond donors (Lipinski definition) is 1. The smallest absolute Gasteiger partial charge is 0.235 e. The predicted molar refractivity (Wildman–Crippen MR) is 57.9 cm³/mol. The molecule has 78 valence electrons. The number of para-hydroxylation sites is 1. The lowest BCUT2D eigenvalue weighted by molar-refractivity contribution is 0.590. The number of sulfonamides is 1. The Hall–Kier alpha value is -1.17. The van der Waals surface area contributed by atoms with Gasteiger partial charge < -0.3 is 0 Å². The third-order valence-electron chi connectivity index (χ3n) is 1.95. The second-order valence-corrected chi connectivity index (χ2v) is 4.97. The first-order valence-electron chi connectivity index (χ1n) is 4.12. The number of rotatable bonds is 2. The predicted octanol–water partition coefficient (Wildman–Crippen LogP) is 1.67. The fraction of sp³-hybridized carbons (Fsp3) is 0. The van der Waals surface area contributed by atoms with E-state index in [9.17, 15) is 8.42 Å². The summed E-state index contributed by atoms with van der Waals surface area (Å²) >= 11 is 5.10. The Morgan fingerprint density at radius 3 is 2.60 bits per heavy atom. The Balaban J connectivity index is 2.67. The molecule has 0 atom stereocenters. The van der Waals surface area contributed by atoms with Gasteiger partial charge >= 0.3 is 0 Å². The third kappa shape index (κ3) is 1.94. The minimum absolute atomic E-state index is 0.0869. The Bertz CT molecular complexity index is 598. The summed E-state index contributed by atoms with van der Waals surface area (Å²) in [6.07, 6.45) is 0. The van der Waals surface area contributed by atoms with Gasteiger partial charge in [-0.2, -0.15) is 0 Å². The highest BCUT2D eigenvalue weighted by Crippen LogP contribution is 2.14. The lowest BCUT2D eigenvalue weighted by atomic mass is 10.2. The average Bonchev–Trinajstić information content (AvgIpc) is 2.28. The van der Waals surface area contributed by atoms with Gasteiger partial charge in [0.15, 0.2) is 5.03 Å². The van der Waals surface area contributed by atoms with E-state index in [1.165, 1.54) is 6.07 Å². The quantitative estimate of drug-likeness (QED) is 0.815.